The van der Waals surface area contributed by atoms with Crippen LogP contribution in [0.1, 0.15) is 42.6 Å². The molecule has 0 radical (unpaired) electrons. The van der Waals surface area contributed by atoms with Gasteiger partial charge in [0.25, 0.3) is 0 Å². The maximum absolute atomic E-state index is 11.6. The van der Waals surface area contributed by atoms with Crippen LogP contribution in [0, 0.1) is 0 Å². The van der Waals surface area contributed by atoms with Crippen LogP contribution in [-0.2, 0) is 20.9 Å². The topological polar surface area (TPSA) is 111 Å². The number of nitrogens with one attached hydrogen (secondary N) is 1. The normalized spacial score (nSPS) is 10.2. The van der Waals surface area contributed by atoms with Crippen LogP contribution < -0.4 is 5.32 Å². The molecule has 0 aliphatic rings. The average Bonchev–Trinajstić information content (AvgIpc) is 2.97. The number of aromatic nitrogens is 2. The van der Waals surface area contributed by atoms with Crippen molar-refractivity contribution in [2.45, 2.75) is 38.6 Å². The number of hydrogen-bond donors (Lipinski definition) is 2. The second kappa shape index (κ2) is 9.54. The summed E-state index contributed by atoms with van der Waals surface area (Å²) in [4.78, 5) is 33.4. The van der Waals surface area contributed by atoms with Gasteiger partial charge in [0.15, 0.2) is 0 Å². The van der Waals surface area contributed by atoms with Crippen molar-refractivity contribution in [2.24, 2.45) is 0 Å². The number of hydrogen-bond acceptors (Lipinski definition) is 5. The molecule has 0 saturated carbocycles. The highest BCUT2D eigenvalue weighted by molar-refractivity contribution is 5.85. The smallest absolute Gasteiger partial charge is 0.354 e. The number of carbonyl (C=O) groups excluding carboxylic acids is 2. The van der Waals surface area contributed by atoms with Gasteiger partial charge >= 0.3 is 11.9 Å². The maximum Gasteiger partial charge on any atom is 0.354 e. The number of carbonyl (C=O) groups is 3. The third kappa shape index (κ3) is 6.38. The lowest BCUT2D eigenvalue weighted by Crippen LogP contribution is -2.26. The Bertz CT molecular complexity index is 512. The van der Waals surface area contributed by atoms with E-state index < -0.39 is 5.97 Å². The summed E-state index contributed by atoms with van der Waals surface area (Å²) in [5.74, 6) is -1.44. The molecule has 1 heterocycles. The molecule has 1 aromatic heterocycles. The summed E-state index contributed by atoms with van der Waals surface area (Å²) >= 11 is 0. The van der Waals surface area contributed by atoms with Crippen LogP contribution >= 0.6 is 0 Å². The Balaban J connectivity index is 2.12. The van der Waals surface area contributed by atoms with E-state index in [0.29, 0.717) is 13.0 Å². The predicted octanol–water partition coefficient (Wildman–Crippen LogP) is 0.821. The number of aryl methyl sites for hydroxylation is 1. The summed E-state index contributed by atoms with van der Waals surface area (Å²) in [5, 5.41) is 15.5. The Morgan fingerprint density at radius 2 is 2.05 bits per heavy atom. The molecular formula is C14H21N3O5. The molecule has 2 N–H and O–H groups in total. The van der Waals surface area contributed by atoms with E-state index in [2.05, 4.69) is 15.2 Å². The second-order valence-electron chi connectivity index (χ2n) is 4.73. The van der Waals surface area contributed by atoms with E-state index in [1.54, 1.807) is 0 Å². The molecule has 0 unspecified atom stereocenters. The van der Waals surface area contributed by atoms with E-state index in [4.69, 9.17) is 5.11 Å². The lowest BCUT2D eigenvalue weighted by atomic mass is 10.2. The number of unbranched alkanes of at least 4 members (excludes halogenated alkanes) is 2. The maximum atomic E-state index is 11.6. The molecule has 22 heavy (non-hydrogen) atoms. The number of nitrogens with zero attached hydrogens (tertiary/aromatic N) is 2. The zero-order valence-corrected chi connectivity index (χ0v) is 12.6. The molecule has 0 aliphatic carbocycles. The SMILES string of the molecule is COC(=O)CCCCCNC(=O)CCn1nccc1C(=O)O. The Morgan fingerprint density at radius 1 is 1.27 bits per heavy atom. The summed E-state index contributed by atoms with van der Waals surface area (Å²) in [6, 6.07) is 1.39. The molecular weight excluding hydrogens is 290 g/mol. The van der Waals surface area contributed by atoms with Gasteiger partial charge in [-0.3, -0.25) is 14.3 Å². The minimum atomic E-state index is -1.07. The van der Waals surface area contributed by atoms with Gasteiger partial charge in [-0.05, 0) is 18.9 Å². The summed E-state index contributed by atoms with van der Waals surface area (Å²) in [6.45, 7) is 0.758. The molecule has 1 aromatic rings. The number of carboxylic acid groups (broad SMARTS) is 1. The van der Waals surface area contributed by atoms with Gasteiger partial charge in [0, 0.05) is 25.6 Å². The largest absolute Gasteiger partial charge is 0.477 e. The quantitative estimate of drug-likeness (QED) is 0.489. The zero-order chi connectivity index (χ0) is 16.4. The number of amides is 1. The number of ether oxygens (including phenoxy) is 1. The molecule has 0 spiro atoms. The van der Waals surface area contributed by atoms with Crippen LogP contribution in [0.25, 0.3) is 0 Å². The Morgan fingerprint density at radius 3 is 2.73 bits per heavy atom. The fourth-order valence-corrected chi connectivity index (χ4v) is 1.89. The van der Waals surface area contributed by atoms with Gasteiger partial charge in [0.1, 0.15) is 5.69 Å². The van der Waals surface area contributed by atoms with E-state index in [0.717, 1.165) is 19.3 Å². The average molecular weight is 311 g/mol. The molecule has 0 fully saturated rings. The molecule has 1 rings (SSSR count). The molecule has 122 valence electrons. The van der Waals surface area contributed by atoms with Gasteiger partial charge in [-0.1, -0.05) is 6.42 Å². The summed E-state index contributed by atoms with van der Waals surface area (Å²) in [6.07, 6.45) is 4.30. The van der Waals surface area contributed by atoms with Crippen molar-refractivity contribution in [1.29, 1.82) is 0 Å². The first-order chi connectivity index (χ1) is 10.5. The van der Waals surface area contributed by atoms with Crippen LogP contribution in [0.15, 0.2) is 12.3 Å². The minimum Gasteiger partial charge on any atom is -0.477 e. The molecule has 0 atom stereocenters. The fourth-order valence-electron chi connectivity index (χ4n) is 1.89. The highest BCUT2D eigenvalue weighted by atomic mass is 16.5. The number of carboxylic acids is 1. The summed E-state index contributed by atoms with van der Waals surface area (Å²) in [5.41, 5.74) is 0.0654. The van der Waals surface area contributed by atoms with Crippen LogP contribution in [0.3, 0.4) is 0 Å². The molecule has 1 amide bonds. The fraction of sp³-hybridized carbons (Fsp3) is 0.571. The van der Waals surface area contributed by atoms with Crippen molar-refractivity contribution in [3.63, 3.8) is 0 Å². The Hall–Kier alpha value is -2.38. The van der Waals surface area contributed by atoms with E-state index in [1.807, 2.05) is 0 Å². The molecule has 0 bridgehead atoms. The van der Waals surface area contributed by atoms with Gasteiger partial charge in [-0.15, -0.1) is 0 Å². The number of esters is 1. The van der Waals surface area contributed by atoms with E-state index in [-0.39, 0.29) is 30.5 Å². The van der Waals surface area contributed by atoms with Crippen molar-refractivity contribution < 1.29 is 24.2 Å². The van der Waals surface area contributed by atoms with Crippen LogP contribution in [-0.4, -0.2) is 46.4 Å². The van der Waals surface area contributed by atoms with E-state index >= 15 is 0 Å². The Labute approximate surface area is 128 Å². The summed E-state index contributed by atoms with van der Waals surface area (Å²) < 4.78 is 5.82. The molecule has 0 aliphatic heterocycles. The standard InChI is InChI=1S/C14H21N3O5/c1-22-13(19)5-3-2-4-8-15-12(18)7-10-17-11(14(20)21)6-9-16-17/h6,9H,2-5,7-8,10H2,1H3,(H,15,18)(H,20,21). The second-order valence-corrected chi connectivity index (χ2v) is 4.73. The van der Waals surface area contributed by atoms with Gasteiger partial charge < -0.3 is 15.2 Å². The molecule has 0 saturated heterocycles. The van der Waals surface area contributed by atoms with Crippen molar-refractivity contribution >= 4 is 17.8 Å². The summed E-state index contributed by atoms with van der Waals surface area (Å²) in [7, 11) is 1.36. The first-order valence-electron chi connectivity index (χ1n) is 7.13. The van der Waals surface area contributed by atoms with E-state index in [9.17, 15) is 14.4 Å². The van der Waals surface area contributed by atoms with Crippen molar-refractivity contribution in [1.82, 2.24) is 15.1 Å². The van der Waals surface area contributed by atoms with Crippen molar-refractivity contribution in [3.05, 3.63) is 18.0 Å². The molecule has 0 aromatic carbocycles. The predicted molar refractivity (Wildman–Crippen MR) is 77.3 cm³/mol. The van der Waals surface area contributed by atoms with Gasteiger partial charge in [-0.25, -0.2) is 4.79 Å². The zero-order valence-electron chi connectivity index (χ0n) is 12.6. The monoisotopic (exact) mass is 311 g/mol. The highest BCUT2D eigenvalue weighted by Gasteiger charge is 2.11. The van der Waals surface area contributed by atoms with Crippen LogP contribution in [0.2, 0.25) is 0 Å². The molecule has 8 nitrogen and oxygen atoms in total. The molecule has 8 heteroatoms. The van der Waals surface area contributed by atoms with E-state index in [1.165, 1.54) is 24.1 Å². The van der Waals surface area contributed by atoms with Crippen molar-refractivity contribution in [3.8, 4) is 0 Å². The van der Waals surface area contributed by atoms with Gasteiger partial charge in [0.05, 0.1) is 13.7 Å². The lowest BCUT2D eigenvalue weighted by Gasteiger charge is -2.06. The first kappa shape index (κ1) is 17.7. The highest BCUT2D eigenvalue weighted by Crippen LogP contribution is 2.01. The number of methoxy groups -OCH3 is 1. The third-order valence-corrected chi connectivity index (χ3v) is 3.09. The number of rotatable bonds is 10. The minimum absolute atomic E-state index is 0.0654. The first-order valence-corrected chi connectivity index (χ1v) is 7.13. The Kier molecular flexibility index (Phi) is 7.66. The van der Waals surface area contributed by atoms with Gasteiger partial charge in [-0.2, -0.15) is 5.10 Å². The van der Waals surface area contributed by atoms with Crippen molar-refractivity contribution in [2.75, 3.05) is 13.7 Å². The van der Waals surface area contributed by atoms with Crippen LogP contribution in [0.5, 0.6) is 0 Å². The number of aromatic carboxylic acids is 1. The third-order valence-electron chi connectivity index (χ3n) is 3.09. The van der Waals surface area contributed by atoms with Gasteiger partial charge in [0.2, 0.25) is 5.91 Å². The lowest BCUT2D eigenvalue weighted by molar-refractivity contribution is -0.140. The van der Waals surface area contributed by atoms with Crippen LogP contribution in [0.4, 0.5) is 0 Å².